The molecular weight excluding hydrogens is 292 g/mol. The van der Waals surface area contributed by atoms with Gasteiger partial charge in [-0.15, -0.1) is 0 Å². The van der Waals surface area contributed by atoms with Crippen LogP contribution in [0, 0.1) is 10.1 Å². The predicted octanol–water partition coefficient (Wildman–Crippen LogP) is 1.77. The first-order valence-corrected chi connectivity index (χ1v) is 7.89. The van der Waals surface area contributed by atoms with Crippen LogP contribution in [0.3, 0.4) is 0 Å². The summed E-state index contributed by atoms with van der Waals surface area (Å²) in [7, 11) is -2.99. The molecule has 0 heterocycles. The number of sulfone groups is 1. The van der Waals surface area contributed by atoms with Gasteiger partial charge in [0, 0.05) is 24.9 Å². The highest BCUT2D eigenvalue weighted by atomic mass is 35.5. The van der Waals surface area contributed by atoms with E-state index in [-0.39, 0.29) is 22.2 Å². The van der Waals surface area contributed by atoms with E-state index in [1.54, 1.807) is 13.0 Å². The highest BCUT2D eigenvalue weighted by molar-refractivity contribution is 7.91. The summed E-state index contributed by atoms with van der Waals surface area (Å²) in [5.41, 5.74) is 0.534. The molecule has 0 radical (unpaired) electrons. The fourth-order valence-electron chi connectivity index (χ4n) is 1.41. The minimum atomic E-state index is -2.99. The van der Waals surface area contributed by atoms with Crippen molar-refractivity contribution in [3.05, 3.63) is 38.9 Å². The molecule has 0 saturated heterocycles. The Morgan fingerprint density at radius 2 is 2.11 bits per heavy atom. The third kappa shape index (κ3) is 5.14. The van der Waals surface area contributed by atoms with Crippen LogP contribution in [0.5, 0.6) is 0 Å². The summed E-state index contributed by atoms with van der Waals surface area (Å²) in [5, 5.41) is 13.7. The summed E-state index contributed by atoms with van der Waals surface area (Å²) >= 11 is 5.69. The first-order chi connectivity index (χ1) is 8.85. The lowest BCUT2D eigenvalue weighted by Gasteiger charge is -2.05. The van der Waals surface area contributed by atoms with Crippen molar-refractivity contribution < 1.29 is 13.3 Å². The van der Waals surface area contributed by atoms with Crippen LogP contribution in [0.15, 0.2) is 18.2 Å². The van der Waals surface area contributed by atoms with Crippen LogP contribution < -0.4 is 5.32 Å². The quantitative estimate of drug-likeness (QED) is 0.471. The standard InChI is InChI=1S/C11H15ClN2O4S/c1-2-19(17,18)6-5-13-8-9-3-4-10(12)11(7-9)14(15)16/h3-4,7,13H,2,5-6,8H2,1H3. The Kier molecular flexibility index (Phi) is 5.71. The third-order valence-corrected chi connectivity index (χ3v) is 4.59. The van der Waals surface area contributed by atoms with Gasteiger partial charge in [0.1, 0.15) is 5.02 Å². The molecule has 0 unspecified atom stereocenters. The Morgan fingerprint density at radius 3 is 2.68 bits per heavy atom. The number of benzene rings is 1. The molecule has 0 atom stereocenters. The van der Waals surface area contributed by atoms with E-state index in [0.717, 1.165) is 0 Å². The van der Waals surface area contributed by atoms with Crippen molar-refractivity contribution in [2.75, 3.05) is 18.1 Å². The number of nitro benzene ring substituents is 1. The molecule has 0 aliphatic heterocycles. The molecule has 0 fully saturated rings. The molecule has 19 heavy (non-hydrogen) atoms. The van der Waals surface area contributed by atoms with Gasteiger partial charge in [-0.1, -0.05) is 24.6 Å². The molecule has 0 spiro atoms. The van der Waals surface area contributed by atoms with Gasteiger partial charge in [0.2, 0.25) is 0 Å². The maximum Gasteiger partial charge on any atom is 0.288 e. The highest BCUT2D eigenvalue weighted by Crippen LogP contribution is 2.24. The van der Waals surface area contributed by atoms with Gasteiger partial charge < -0.3 is 5.32 Å². The first kappa shape index (κ1) is 15.9. The number of rotatable bonds is 7. The average Bonchev–Trinajstić information content (AvgIpc) is 2.36. The molecule has 0 amide bonds. The maximum absolute atomic E-state index is 11.3. The van der Waals surface area contributed by atoms with Gasteiger partial charge >= 0.3 is 0 Å². The van der Waals surface area contributed by atoms with Crippen LogP contribution in [0.1, 0.15) is 12.5 Å². The van der Waals surface area contributed by atoms with Gasteiger partial charge in [0.25, 0.3) is 5.69 Å². The number of halogens is 1. The van der Waals surface area contributed by atoms with Crippen molar-refractivity contribution in [2.45, 2.75) is 13.5 Å². The number of hydrogen-bond donors (Lipinski definition) is 1. The van der Waals surface area contributed by atoms with E-state index >= 15 is 0 Å². The zero-order valence-electron chi connectivity index (χ0n) is 10.4. The minimum Gasteiger partial charge on any atom is -0.312 e. The Hall–Kier alpha value is -1.18. The smallest absolute Gasteiger partial charge is 0.288 e. The lowest BCUT2D eigenvalue weighted by atomic mass is 10.2. The first-order valence-electron chi connectivity index (χ1n) is 5.69. The van der Waals surface area contributed by atoms with E-state index in [0.29, 0.717) is 18.7 Å². The fourth-order valence-corrected chi connectivity index (χ4v) is 2.34. The van der Waals surface area contributed by atoms with Crippen molar-refractivity contribution >= 4 is 27.1 Å². The SMILES string of the molecule is CCS(=O)(=O)CCNCc1ccc(Cl)c([N+](=O)[O-])c1. The van der Waals surface area contributed by atoms with Crippen molar-refractivity contribution in [1.29, 1.82) is 0 Å². The van der Waals surface area contributed by atoms with Crippen molar-refractivity contribution in [2.24, 2.45) is 0 Å². The minimum absolute atomic E-state index is 0.0547. The number of nitrogens with zero attached hydrogens (tertiary/aromatic N) is 1. The molecule has 106 valence electrons. The summed E-state index contributed by atoms with van der Waals surface area (Å²) in [4.78, 5) is 10.1. The molecule has 8 heteroatoms. The van der Waals surface area contributed by atoms with Crippen molar-refractivity contribution in [3.8, 4) is 0 Å². The molecule has 0 aromatic heterocycles. The second-order valence-corrected chi connectivity index (χ2v) is 6.84. The number of hydrogen-bond acceptors (Lipinski definition) is 5. The molecule has 1 rings (SSSR count). The van der Waals surface area contributed by atoms with E-state index in [2.05, 4.69) is 5.32 Å². The van der Waals surface area contributed by atoms with Crippen LogP contribution in [-0.4, -0.2) is 31.4 Å². The average molecular weight is 307 g/mol. The normalized spacial score (nSPS) is 11.5. The number of nitrogens with one attached hydrogen (secondary N) is 1. The monoisotopic (exact) mass is 306 g/mol. The molecule has 0 bridgehead atoms. The molecular formula is C11H15ClN2O4S. The summed E-state index contributed by atoms with van der Waals surface area (Å²) in [6.07, 6.45) is 0. The van der Waals surface area contributed by atoms with Crippen LogP contribution >= 0.6 is 11.6 Å². The van der Waals surface area contributed by atoms with Gasteiger partial charge in [0.05, 0.1) is 10.7 Å². The van der Waals surface area contributed by atoms with E-state index in [1.165, 1.54) is 12.1 Å². The highest BCUT2D eigenvalue weighted by Gasteiger charge is 2.12. The van der Waals surface area contributed by atoms with E-state index in [9.17, 15) is 18.5 Å². The van der Waals surface area contributed by atoms with Crippen LogP contribution in [0.25, 0.3) is 0 Å². The Bertz CT molecular complexity index is 560. The zero-order valence-corrected chi connectivity index (χ0v) is 12.0. The van der Waals surface area contributed by atoms with Crippen LogP contribution in [-0.2, 0) is 16.4 Å². The molecule has 1 aromatic carbocycles. The van der Waals surface area contributed by atoms with Crippen LogP contribution in [0.4, 0.5) is 5.69 Å². The molecule has 1 N–H and O–H groups in total. The van der Waals surface area contributed by atoms with E-state index in [4.69, 9.17) is 11.6 Å². The second kappa shape index (κ2) is 6.83. The Labute approximate surface area is 116 Å². The molecule has 1 aromatic rings. The fraction of sp³-hybridized carbons (Fsp3) is 0.455. The van der Waals surface area contributed by atoms with Crippen molar-refractivity contribution in [3.63, 3.8) is 0 Å². The van der Waals surface area contributed by atoms with E-state index < -0.39 is 14.8 Å². The molecule has 6 nitrogen and oxygen atoms in total. The lowest BCUT2D eigenvalue weighted by molar-refractivity contribution is -0.384. The van der Waals surface area contributed by atoms with Gasteiger partial charge in [-0.05, 0) is 11.6 Å². The topological polar surface area (TPSA) is 89.3 Å². The van der Waals surface area contributed by atoms with E-state index in [1.807, 2.05) is 0 Å². The van der Waals surface area contributed by atoms with Gasteiger partial charge in [-0.2, -0.15) is 0 Å². The zero-order chi connectivity index (χ0) is 14.5. The second-order valence-electron chi connectivity index (χ2n) is 3.96. The lowest BCUT2D eigenvalue weighted by Crippen LogP contribution is -2.23. The predicted molar refractivity (Wildman–Crippen MR) is 74.1 cm³/mol. The number of nitro groups is 1. The van der Waals surface area contributed by atoms with Crippen LogP contribution in [0.2, 0.25) is 5.02 Å². The van der Waals surface area contributed by atoms with Gasteiger partial charge in [-0.3, -0.25) is 10.1 Å². The summed E-state index contributed by atoms with van der Waals surface area (Å²) in [6, 6.07) is 4.50. The molecule has 0 aliphatic carbocycles. The Morgan fingerprint density at radius 1 is 1.42 bits per heavy atom. The third-order valence-electron chi connectivity index (χ3n) is 2.57. The largest absolute Gasteiger partial charge is 0.312 e. The summed E-state index contributed by atoms with van der Waals surface area (Å²) < 4.78 is 22.5. The Balaban J connectivity index is 2.55. The van der Waals surface area contributed by atoms with Gasteiger partial charge in [0.15, 0.2) is 9.84 Å². The molecule has 0 aliphatic rings. The maximum atomic E-state index is 11.3. The van der Waals surface area contributed by atoms with Gasteiger partial charge in [-0.25, -0.2) is 8.42 Å². The summed E-state index contributed by atoms with van der Waals surface area (Å²) in [5.74, 6) is 0.167. The van der Waals surface area contributed by atoms with Crippen molar-refractivity contribution in [1.82, 2.24) is 5.32 Å². The molecule has 0 saturated carbocycles. The summed E-state index contributed by atoms with van der Waals surface area (Å²) in [6.45, 7) is 2.27.